The Labute approximate surface area is 145 Å². The smallest absolute Gasteiger partial charge is 0.354 e. The average Bonchev–Trinajstić information content (AvgIpc) is 2.67. The van der Waals surface area contributed by atoms with Gasteiger partial charge in [0, 0.05) is 56.4 Å². The van der Waals surface area contributed by atoms with Crippen molar-refractivity contribution in [3.8, 4) is 0 Å². The van der Waals surface area contributed by atoms with Crippen LogP contribution in [0.4, 0.5) is 0 Å². The van der Waals surface area contributed by atoms with Crippen molar-refractivity contribution in [1.29, 1.82) is 0 Å². The van der Waals surface area contributed by atoms with Gasteiger partial charge in [0.1, 0.15) is 5.69 Å². The molecule has 1 aliphatic rings. The third-order valence-corrected chi connectivity index (χ3v) is 4.54. The van der Waals surface area contributed by atoms with E-state index in [0.29, 0.717) is 18.7 Å². The summed E-state index contributed by atoms with van der Waals surface area (Å²) in [6.45, 7) is 4.87. The van der Waals surface area contributed by atoms with E-state index in [1.165, 1.54) is 12.3 Å². The normalized spacial score (nSPS) is 16.4. The minimum Gasteiger partial charge on any atom is -0.477 e. The molecule has 0 spiro atoms. The Kier molecular flexibility index (Phi) is 5.04. The van der Waals surface area contributed by atoms with E-state index < -0.39 is 5.97 Å². The average molecular weight is 340 g/mol. The summed E-state index contributed by atoms with van der Waals surface area (Å²) in [6.07, 6.45) is 4.98. The summed E-state index contributed by atoms with van der Waals surface area (Å²) in [4.78, 5) is 35.6. The molecule has 7 heteroatoms. The first-order chi connectivity index (χ1) is 12.1. The molecular formula is C18H20N4O3. The molecule has 1 atom stereocenters. The van der Waals surface area contributed by atoms with Crippen molar-refractivity contribution in [2.75, 3.05) is 26.2 Å². The molecule has 0 aromatic carbocycles. The minimum atomic E-state index is -1.13. The zero-order valence-electron chi connectivity index (χ0n) is 14.0. The van der Waals surface area contributed by atoms with Gasteiger partial charge in [0.15, 0.2) is 0 Å². The number of aromatic nitrogens is 2. The van der Waals surface area contributed by atoms with Gasteiger partial charge in [-0.3, -0.25) is 14.7 Å². The number of nitrogens with zero attached hydrogens (tertiary/aromatic N) is 4. The van der Waals surface area contributed by atoms with Gasteiger partial charge in [-0.25, -0.2) is 9.78 Å². The summed E-state index contributed by atoms with van der Waals surface area (Å²) in [5, 5.41) is 9.01. The van der Waals surface area contributed by atoms with Crippen molar-refractivity contribution in [1.82, 2.24) is 19.8 Å². The molecule has 130 valence electrons. The predicted molar refractivity (Wildman–Crippen MR) is 91.3 cm³/mol. The van der Waals surface area contributed by atoms with Crippen molar-refractivity contribution in [2.45, 2.75) is 13.0 Å². The van der Waals surface area contributed by atoms with E-state index >= 15 is 0 Å². The number of aromatic carboxylic acids is 1. The van der Waals surface area contributed by atoms with Crippen LogP contribution in [0.5, 0.6) is 0 Å². The molecule has 1 fully saturated rings. The highest BCUT2D eigenvalue weighted by atomic mass is 16.4. The summed E-state index contributed by atoms with van der Waals surface area (Å²) < 4.78 is 0. The number of carboxylic acids is 1. The molecule has 1 amide bonds. The van der Waals surface area contributed by atoms with Crippen LogP contribution in [0.15, 0.2) is 42.9 Å². The summed E-state index contributed by atoms with van der Waals surface area (Å²) in [7, 11) is 0. The maximum atomic E-state index is 12.6. The summed E-state index contributed by atoms with van der Waals surface area (Å²) in [6, 6.07) is 7.11. The van der Waals surface area contributed by atoms with Crippen LogP contribution in [-0.2, 0) is 0 Å². The number of carboxylic acid groups (broad SMARTS) is 1. The zero-order valence-corrected chi connectivity index (χ0v) is 14.0. The van der Waals surface area contributed by atoms with Gasteiger partial charge >= 0.3 is 5.97 Å². The first kappa shape index (κ1) is 17.0. The molecule has 0 aliphatic carbocycles. The van der Waals surface area contributed by atoms with E-state index in [4.69, 9.17) is 5.11 Å². The first-order valence-corrected chi connectivity index (χ1v) is 8.19. The van der Waals surface area contributed by atoms with E-state index in [2.05, 4.69) is 27.9 Å². The lowest BCUT2D eigenvalue weighted by molar-refractivity contribution is 0.0581. The van der Waals surface area contributed by atoms with Crippen molar-refractivity contribution in [3.63, 3.8) is 0 Å². The van der Waals surface area contributed by atoms with Crippen LogP contribution in [0.2, 0.25) is 0 Å². The highest BCUT2D eigenvalue weighted by Crippen LogP contribution is 2.21. The Bertz CT molecular complexity index is 758. The predicted octanol–water partition coefficient (Wildman–Crippen LogP) is 1.69. The van der Waals surface area contributed by atoms with Gasteiger partial charge in [-0.15, -0.1) is 0 Å². The lowest BCUT2D eigenvalue weighted by Gasteiger charge is -2.38. The molecule has 2 aromatic rings. The second kappa shape index (κ2) is 7.40. The van der Waals surface area contributed by atoms with E-state index in [-0.39, 0.29) is 17.6 Å². The van der Waals surface area contributed by atoms with Gasteiger partial charge in [-0.2, -0.15) is 0 Å². The van der Waals surface area contributed by atoms with E-state index in [1.54, 1.807) is 17.2 Å². The third kappa shape index (κ3) is 3.83. The fourth-order valence-corrected chi connectivity index (χ4v) is 3.01. The number of piperazine rings is 1. The molecule has 1 unspecified atom stereocenters. The number of rotatable bonds is 4. The van der Waals surface area contributed by atoms with Gasteiger partial charge in [0.25, 0.3) is 5.91 Å². The Morgan fingerprint density at radius 2 is 1.92 bits per heavy atom. The molecule has 1 N–H and O–H groups in total. The van der Waals surface area contributed by atoms with E-state index in [0.717, 1.165) is 18.7 Å². The van der Waals surface area contributed by atoms with Gasteiger partial charge in [0.05, 0.1) is 0 Å². The van der Waals surface area contributed by atoms with Crippen LogP contribution < -0.4 is 0 Å². The quantitative estimate of drug-likeness (QED) is 0.911. The second-order valence-corrected chi connectivity index (χ2v) is 6.03. The third-order valence-electron chi connectivity index (χ3n) is 4.54. The molecule has 0 saturated carbocycles. The standard InChI is InChI=1S/C18H20N4O3/c1-13(15-3-2-5-19-12-15)21-7-9-22(10-8-21)17(23)14-4-6-20-16(11-14)18(24)25/h2-6,11-13H,7-10H2,1H3,(H,24,25). The SMILES string of the molecule is CC(c1cccnc1)N1CCN(C(=O)c2ccnc(C(=O)O)c2)CC1. The molecule has 0 radical (unpaired) electrons. The summed E-state index contributed by atoms with van der Waals surface area (Å²) in [5.74, 6) is -1.29. The Balaban J connectivity index is 1.63. The highest BCUT2D eigenvalue weighted by Gasteiger charge is 2.25. The molecular weight excluding hydrogens is 320 g/mol. The van der Waals surface area contributed by atoms with Crippen molar-refractivity contribution in [2.24, 2.45) is 0 Å². The number of amides is 1. The summed E-state index contributed by atoms with van der Waals surface area (Å²) in [5.41, 5.74) is 1.40. The van der Waals surface area contributed by atoms with Crippen LogP contribution in [0, 0.1) is 0 Å². The highest BCUT2D eigenvalue weighted by molar-refractivity contribution is 5.96. The molecule has 3 rings (SSSR count). The monoisotopic (exact) mass is 340 g/mol. The number of carbonyl (C=O) groups excluding carboxylic acids is 1. The van der Waals surface area contributed by atoms with Gasteiger partial charge in [0.2, 0.25) is 0 Å². The zero-order chi connectivity index (χ0) is 17.8. The molecule has 1 saturated heterocycles. The van der Waals surface area contributed by atoms with Crippen LogP contribution in [0.3, 0.4) is 0 Å². The fraction of sp³-hybridized carbons (Fsp3) is 0.333. The van der Waals surface area contributed by atoms with Crippen molar-refractivity contribution < 1.29 is 14.7 Å². The van der Waals surface area contributed by atoms with Crippen LogP contribution in [0.1, 0.15) is 39.4 Å². The lowest BCUT2D eigenvalue weighted by Crippen LogP contribution is -2.49. The molecule has 25 heavy (non-hydrogen) atoms. The molecule has 0 bridgehead atoms. The summed E-state index contributed by atoms with van der Waals surface area (Å²) >= 11 is 0. The number of carbonyl (C=O) groups is 2. The second-order valence-electron chi connectivity index (χ2n) is 6.03. The fourth-order valence-electron chi connectivity index (χ4n) is 3.01. The molecule has 2 aromatic heterocycles. The Morgan fingerprint density at radius 1 is 1.16 bits per heavy atom. The van der Waals surface area contributed by atoms with Crippen LogP contribution in [-0.4, -0.2) is 62.9 Å². The van der Waals surface area contributed by atoms with Gasteiger partial charge in [-0.1, -0.05) is 6.07 Å². The largest absolute Gasteiger partial charge is 0.477 e. The van der Waals surface area contributed by atoms with E-state index in [9.17, 15) is 9.59 Å². The molecule has 3 heterocycles. The minimum absolute atomic E-state index is 0.116. The van der Waals surface area contributed by atoms with Gasteiger partial charge < -0.3 is 10.0 Å². The first-order valence-electron chi connectivity index (χ1n) is 8.19. The maximum Gasteiger partial charge on any atom is 0.354 e. The van der Waals surface area contributed by atoms with Gasteiger partial charge in [-0.05, 0) is 30.7 Å². The van der Waals surface area contributed by atoms with Crippen molar-refractivity contribution >= 4 is 11.9 Å². The molecule has 7 nitrogen and oxygen atoms in total. The van der Waals surface area contributed by atoms with Crippen LogP contribution in [0.25, 0.3) is 0 Å². The number of pyridine rings is 2. The molecule has 1 aliphatic heterocycles. The van der Waals surface area contributed by atoms with Crippen molar-refractivity contribution in [3.05, 3.63) is 59.7 Å². The van der Waals surface area contributed by atoms with E-state index in [1.807, 2.05) is 12.3 Å². The number of hydrogen-bond acceptors (Lipinski definition) is 5. The van der Waals surface area contributed by atoms with Crippen LogP contribution >= 0.6 is 0 Å². The Morgan fingerprint density at radius 3 is 2.56 bits per heavy atom. The lowest BCUT2D eigenvalue weighted by atomic mass is 10.1. The topological polar surface area (TPSA) is 86.6 Å². The maximum absolute atomic E-state index is 12.6. The number of hydrogen-bond donors (Lipinski definition) is 1. The Hall–Kier alpha value is -2.80.